The topological polar surface area (TPSA) is 89.5 Å². The third-order valence-corrected chi connectivity index (χ3v) is 3.59. The van der Waals surface area contributed by atoms with E-state index in [1.165, 1.54) is 0 Å². The first kappa shape index (κ1) is 12.2. The maximum absolute atomic E-state index is 5.44. The smallest absolute Gasteiger partial charge is 0.228 e. The highest BCUT2D eigenvalue weighted by Crippen LogP contribution is 2.45. The van der Waals surface area contributed by atoms with Crippen LogP contribution < -0.4 is 4.74 Å². The highest BCUT2D eigenvalue weighted by molar-refractivity contribution is 5.76. The number of ether oxygens (including phenoxy) is 1. The van der Waals surface area contributed by atoms with Crippen LogP contribution in [-0.4, -0.2) is 37.2 Å². The molecule has 0 amide bonds. The zero-order valence-corrected chi connectivity index (χ0v) is 11.8. The Hall–Kier alpha value is -2.57. The van der Waals surface area contributed by atoms with E-state index in [0.717, 1.165) is 35.1 Å². The molecule has 21 heavy (non-hydrogen) atoms. The summed E-state index contributed by atoms with van der Waals surface area (Å²) in [5.74, 6) is 2.29. The molecule has 0 unspecified atom stereocenters. The Morgan fingerprint density at radius 2 is 2.05 bits per heavy atom. The number of hydrogen-bond acceptors (Lipinski definition) is 6. The second kappa shape index (κ2) is 4.47. The fourth-order valence-electron chi connectivity index (χ4n) is 2.44. The monoisotopic (exact) mass is 282 g/mol. The normalized spacial score (nSPS) is 14.6. The summed E-state index contributed by atoms with van der Waals surface area (Å²) >= 11 is 0. The van der Waals surface area contributed by atoms with Crippen LogP contribution in [0.4, 0.5) is 0 Å². The summed E-state index contributed by atoms with van der Waals surface area (Å²) in [6.45, 7) is 1.87. The van der Waals surface area contributed by atoms with Crippen molar-refractivity contribution >= 4 is 11.0 Å². The lowest BCUT2D eigenvalue weighted by Crippen LogP contribution is -2.04. The first-order valence-electron chi connectivity index (χ1n) is 6.85. The average molecular weight is 282 g/mol. The Balaban J connectivity index is 1.96. The summed E-state index contributed by atoms with van der Waals surface area (Å²) in [5, 5.41) is 6.82. The van der Waals surface area contributed by atoms with Gasteiger partial charge in [-0.05, 0) is 19.8 Å². The summed E-state index contributed by atoms with van der Waals surface area (Å²) in [6, 6.07) is 0. The van der Waals surface area contributed by atoms with E-state index in [1.54, 1.807) is 19.5 Å². The van der Waals surface area contributed by atoms with Gasteiger partial charge in [-0.3, -0.25) is 5.10 Å². The standard InChI is InChI=1S/C14H14N6O/c1-7-17-12(8-3-4-8)11(14(18-7)21-2)13-15-5-10-9(19-13)6-16-20-10/h5-6,8H,3-4H2,1-2H3,(H,16,20). The number of nitrogens with one attached hydrogen (secondary N) is 1. The number of aromatic nitrogens is 6. The fraction of sp³-hybridized carbons (Fsp3) is 0.357. The van der Waals surface area contributed by atoms with E-state index >= 15 is 0 Å². The van der Waals surface area contributed by atoms with Crippen molar-refractivity contribution in [3.05, 3.63) is 23.9 Å². The van der Waals surface area contributed by atoms with Gasteiger partial charge in [0.1, 0.15) is 22.4 Å². The molecule has 1 saturated carbocycles. The van der Waals surface area contributed by atoms with E-state index in [1.807, 2.05) is 6.92 Å². The first-order valence-corrected chi connectivity index (χ1v) is 6.85. The molecule has 3 heterocycles. The van der Waals surface area contributed by atoms with Crippen LogP contribution in [0.1, 0.15) is 30.3 Å². The van der Waals surface area contributed by atoms with Crippen LogP contribution in [0.25, 0.3) is 22.4 Å². The van der Waals surface area contributed by atoms with Crippen molar-refractivity contribution in [2.75, 3.05) is 7.11 Å². The van der Waals surface area contributed by atoms with Gasteiger partial charge in [-0.15, -0.1) is 0 Å². The van der Waals surface area contributed by atoms with Gasteiger partial charge in [-0.1, -0.05) is 0 Å². The SMILES string of the molecule is COc1nc(C)nc(C2CC2)c1-c1ncc2[nH]ncc2n1. The van der Waals surface area contributed by atoms with Crippen molar-refractivity contribution < 1.29 is 4.74 Å². The molecule has 4 rings (SSSR count). The molecule has 1 aliphatic carbocycles. The molecule has 0 radical (unpaired) electrons. The quantitative estimate of drug-likeness (QED) is 0.790. The molecular formula is C14H14N6O. The van der Waals surface area contributed by atoms with Gasteiger partial charge >= 0.3 is 0 Å². The number of fused-ring (bicyclic) bond motifs is 1. The molecule has 3 aromatic rings. The molecule has 7 nitrogen and oxygen atoms in total. The van der Waals surface area contributed by atoms with Crippen LogP contribution in [0.2, 0.25) is 0 Å². The lowest BCUT2D eigenvalue weighted by molar-refractivity contribution is 0.396. The lowest BCUT2D eigenvalue weighted by Gasteiger charge is -2.11. The summed E-state index contributed by atoms with van der Waals surface area (Å²) < 4.78 is 5.44. The molecule has 0 spiro atoms. The fourth-order valence-corrected chi connectivity index (χ4v) is 2.44. The number of aryl methyl sites for hydroxylation is 1. The van der Waals surface area contributed by atoms with Crippen molar-refractivity contribution in [1.29, 1.82) is 0 Å². The van der Waals surface area contributed by atoms with Crippen molar-refractivity contribution in [2.24, 2.45) is 0 Å². The Bertz CT molecular complexity index is 823. The van der Waals surface area contributed by atoms with Crippen LogP contribution >= 0.6 is 0 Å². The van der Waals surface area contributed by atoms with E-state index in [2.05, 4.69) is 30.1 Å². The third kappa shape index (κ3) is 2.01. The average Bonchev–Trinajstić information content (AvgIpc) is 3.24. The molecule has 0 atom stereocenters. The van der Waals surface area contributed by atoms with Gasteiger partial charge in [-0.2, -0.15) is 10.1 Å². The minimum atomic E-state index is 0.458. The molecule has 1 aliphatic rings. The maximum Gasteiger partial charge on any atom is 0.228 e. The van der Waals surface area contributed by atoms with Gasteiger partial charge in [0.05, 0.1) is 25.2 Å². The Morgan fingerprint density at radius 1 is 1.19 bits per heavy atom. The molecule has 0 aliphatic heterocycles. The first-order chi connectivity index (χ1) is 10.3. The lowest BCUT2D eigenvalue weighted by atomic mass is 10.1. The Morgan fingerprint density at radius 3 is 2.81 bits per heavy atom. The zero-order chi connectivity index (χ0) is 14.4. The van der Waals surface area contributed by atoms with Gasteiger partial charge in [-0.25, -0.2) is 15.0 Å². The highest BCUT2D eigenvalue weighted by atomic mass is 16.5. The molecule has 7 heteroatoms. The number of nitrogens with zero attached hydrogens (tertiary/aromatic N) is 5. The van der Waals surface area contributed by atoms with Gasteiger partial charge in [0.25, 0.3) is 0 Å². The minimum absolute atomic E-state index is 0.458. The molecule has 106 valence electrons. The van der Waals surface area contributed by atoms with Crippen LogP contribution in [0, 0.1) is 6.92 Å². The molecule has 1 fully saturated rings. The third-order valence-electron chi connectivity index (χ3n) is 3.59. The summed E-state index contributed by atoms with van der Waals surface area (Å²) in [6.07, 6.45) is 5.68. The number of methoxy groups -OCH3 is 1. The highest BCUT2D eigenvalue weighted by Gasteiger charge is 2.32. The van der Waals surface area contributed by atoms with E-state index in [9.17, 15) is 0 Å². The number of aromatic amines is 1. The second-order valence-electron chi connectivity index (χ2n) is 5.18. The number of rotatable bonds is 3. The van der Waals surface area contributed by atoms with Gasteiger partial charge in [0.2, 0.25) is 5.88 Å². The van der Waals surface area contributed by atoms with Crippen molar-refractivity contribution in [2.45, 2.75) is 25.7 Å². The van der Waals surface area contributed by atoms with Gasteiger partial charge in [0.15, 0.2) is 5.82 Å². The van der Waals surface area contributed by atoms with Crippen LogP contribution in [0.15, 0.2) is 12.4 Å². The predicted octanol–water partition coefficient (Wildman–Crippen LogP) is 2.00. The van der Waals surface area contributed by atoms with E-state index in [-0.39, 0.29) is 0 Å². The Labute approximate surface area is 120 Å². The van der Waals surface area contributed by atoms with Crippen LogP contribution in [0.5, 0.6) is 5.88 Å². The van der Waals surface area contributed by atoms with Gasteiger partial charge in [0, 0.05) is 5.92 Å². The minimum Gasteiger partial charge on any atom is -0.480 e. The van der Waals surface area contributed by atoms with Crippen molar-refractivity contribution in [3.8, 4) is 17.3 Å². The van der Waals surface area contributed by atoms with Crippen LogP contribution in [-0.2, 0) is 0 Å². The largest absolute Gasteiger partial charge is 0.480 e. The predicted molar refractivity (Wildman–Crippen MR) is 76.0 cm³/mol. The van der Waals surface area contributed by atoms with E-state index < -0.39 is 0 Å². The molecule has 0 bridgehead atoms. The number of H-pyrrole nitrogens is 1. The summed E-state index contributed by atoms with van der Waals surface area (Å²) in [7, 11) is 1.61. The molecule has 0 aromatic carbocycles. The van der Waals surface area contributed by atoms with E-state index in [0.29, 0.717) is 23.4 Å². The summed E-state index contributed by atoms with van der Waals surface area (Å²) in [4.78, 5) is 17.9. The molecule has 0 saturated heterocycles. The Kier molecular flexibility index (Phi) is 2.60. The summed E-state index contributed by atoms with van der Waals surface area (Å²) in [5.41, 5.74) is 3.36. The molecule has 1 N–H and O–H groups in total. The molecular weight excluding hydrogens is 268 g/mol. The van der Waals surface area contributed by atoms with Crippen LogP contribution in [0.3, 0.4) is 0 Å². The molecule has 3 aromatic heterocycles. The van der Waals surface area contributed by atoms with Gasteiger partial charge < -0.3 is 4.74 Å². The zero-order valence-electron chi connectivity index (χ0n) is 11.8. The van der Waals surface area contributed by atoms with E-state index in [4.69, 9.17) is 4.74 Å². The second-order valence-corrected chi connectivity index (χ2v) is 5.18. The van der Waals surface area contributed by atoms with Crippen molar-refractivity contribution in [1.82, 2.24) is 30.1 Å². The van der Waals surface area contributed by atoms with Crippen molar-refractivity contribution in [3.63, 3.8) is 0 Å². The maximum atomic E-state index is 5.44. The number of hydrogen-bond donors (Lipinski definition) is 1.